The molecule has 1 aliphatic heterocycles. The molecule has 3 rings (SSSR count). The third-order valence-electron chi connectivity index (χ3n) is 4.64. The number of ether oxygens (including phenoxy) is 1. The Kier molecular flexibility index (Phi) is 6.21. The quantitative estimate of drug-likeness (QED) is 0.630. The summed E-state index contributed by atoms with van der Waals surface area (Å²) < 4.78 is 31.7. The average molecular weight is 402 g/mol. The lowest BCUT2D eigenvalue weighted by atomic mass is 10.0. The summed E-state index contributed by atoms with van der Waals surface area (Å²) in [6.07, 6.45) is 1.01. The Balaban J connectivity index is 1.57. The Hall–Kier alpha value is -3.29. The number of esters is 1. The Bertz CT molecular complexity index is 940. The van der Waals surface area contributed by atoms with Crippen LogP contribution < -0.4 is 10.1 Å². The van der Waals surface area contributed by atoms with Crippen molar-refractivity contribution in [1.29, 1.82) is 0 Å². The predicted octanol–water partition coefficient (Wildman–Crippen LogP) is 2.92. The van der Waals surface area contributed by atoms with E-state index in [1.807, 2.05) is 0 Å². The van der Waals surface area contributed by atoms with Gasteiger partial charge in [-0.3, -0.25) is 14.4 Å². The number of carbonyl (C=O) groups is 3. The van der Waals surface area contributed by atoms with Crippen molar-refractivity contribution < 1.29 is 27.9 Å². The molecule has 6 nitrogen and oxygen atoms in total. The molecule has 1 heterocycles. The van der Waals surface area contributed by atoms with E-state index in [0.29, 0.717) is 43.3 Å². The molecule has 0 aliphatic carbocycles. The number of nitrogens with zero attached hydrogens (tertiary/aromatic N) is 1. The maximum atomic E-state index is 13.7. The molecule has 0 radical (unpaired) electrons. The fourth-order valence-corrected chi connectivity index (χ4v) is 3.20. The number of benzene rings is 2. The largest absolute Gasteiger partial charge is 0.427 e. The summed E-state index contributed by atoms with van der Waals surface area (Å²) in [4.78, 5) is 37.6. The van der Waals surface area contributed by atoms with Crippen LogP contribution in [0.4, 0.5) is 8.78 Å². The van der Waals surface area contributed by atoms with Crippen LogP contribution >= 0.6 is 0 Å². The van der Waals surface area contributed by atoms with Crippen LogP contribution in [0.2, 0.25) is 0 Å². The maximum Gasteiger partial charge on any atom is 0.308 e. The molecule has 0 saturated carbocycles. The molecule has 1 N–H and O–H groups in total. The number of amides is 2. The highest BCUT2D eigenvalue weighted by atomic mass is 19.1. The van der Waals surface area contributed by atoms with E-state index < -0.39 is 23.5 Å². The second kappa shape index (κ2) is 8.81. The van der Waals surface area contributed by atoms with Gasteiger partial charge in [-0.25, -0.2) is 8.78 Å². The molecule has 0 bridgehead atoms. The van der Waals surface area contributed by atoms with Crippen molar-refractivity contribution in [3.8, 4) is 5.75 Å². The standard InChI is InChI=1S/C21H20F2N2O4/c1-13(26)29-17-4-2-3-14(11-17)21(28)25-9-7-16(8-10-25)24-20(27)18-6-5-15(22)12-19(18)23/h2-6,11-12,16H,7-10H2,1H3,(H,24,27). The van der Waals surface area contributed by atoms with Gasteiger partial charge in [0.25, 0.3) is 11.8 Å². The summed E-state index contributed by atoms with van der Waals surface area (Å²) in [6.45, 7) is 2.10. The zero-order valence-electron chi connectivity index (χ0n) is 15.8. The van der Waals surface area contributed by atoms with Crippen LogP contribution in [0.15, 0.2) is 42.5 Å². The second-order valence-corrected chi connectivity index (χ2v) is 6.79. The number of nitrogens with one attached hydrogen (secondary N) is 1. The van der Waals surface area contributed by atoms with Crippen LogP contribution in [0, 0.1) is 11.6 Å². The molecule has 0 spiro atoms. The SMILES string of the molecule is CC(=O)Oc1cccc(C(=O)N2CCC(NC(=O)c3ccc(F)cc3F)CC2)c1. The molecular formula is C21H20F2N2O4. The first-order valence-electron chi connectivity index (χ1n) is 9.17. The highest BCUT2D eigenvalue weighted by molar-refractivity contribution is 5.95. The van der Waals surface area contributed by atoms with Crippen molar-refractivity contribution in [2.24, 2.45) is 0 Å². The van der Waals surface area contributed by atoms with Crippen LogP contribution in [0.25, 0.3) is 0 Å². The van der Waals surface area contributed by atoms with Gasteiger partial charge in [-0.1, -0.05) is 6.07 Å². The van der Waals surface area contributed by atoms with Crippen molar-refractivity contribution in [3.05, 3.63) is 65.2 Å². The van der Waals surface area contributed by atoms with Gasteiger partial charge in [0.15, 0.2) is 0 Å². The summed E-state index contributed by atoms with van der Waals surface area (Å²) in [5.74, 6) is -2.64. The van der Waals surface area contributed by atoms with Gasteiger partial charge in [-0.2, -0.15) is 0 Å². The fraction of sp³-hybridized carbons (Fsp3) is 0.286. The number of rotatable bonds is 4. The van der Waals surface area contributed by atoms with E-state index in [9.17, 15) is 23.2 Å². The van der Waals surface area contributed by atoms with E-state index >= 15 is 0 Å². The van der Waals surface area contributed by atoms with E-state index in [1.165, 1.54) is 13.0 Å². The summed E-state index contributed by atoms with van der Waals surface area (Å²) in [5.41, 5.74) is 0.187. The molecule has 29 heavy (non-hydrogen) atoms. The molecule has 1 saturated heterocycles. The minimum atomic E-state index is -0.914. The predicted molar refractivity (Wildman–Crippen MR) is 101 cm³/mol. The van der Waals surface area contributed by atoms with Crippen LogP contribution in [0.5, 0.6) is 5.75 Å². The first-order chi connectivity index (χ1) is 13.8. The fourth-order valence-electron chi connectivity index (χ4n) is 3.20. The normalized spacial score (nSPS) is 14.4. The smallest absolute Gasteiger partial charge is 0.308 e. The topological polar surface area (TPSA) is 75.7 Å². The van der Waals surface area contributed by atoms with Gasteiger partial charge in [0, 0.05) is 37.7 Å². The Morgan fingerprint density at radius 2 is 1.79 bits per heavy atom. The van der Waals surface area contributed by atoms with Crippen molar-refractivity contribution in [2.75, 3.05) is 13.1 Å². The summed E-state index contributed by atoms with van der Waals surface area (Å²) in [5, 5.41) is 2.73. The summed E-state index contributed by atoms with van der Waals surface area (Å²) in [7, 11) is 0. The monoisotopic (exact) mass is 402 g/mol. The van der Waals surface area contributed by atoms with Crippen LogP contribution in [0.1, 0.15) is 40.5 Å². The lowest BCUT2D eigenvalue weighted by Gasteiger charge is -2.32. The number of likely N-dealkylation sites (tertiary alicyclic amines) is 1. The molecule has 2 amide bonds. The molecule has 152 valence electrons. The molecule has 0 aromatic heterocycles. The van der Waals surface area contributed by atoms with Gasteiger partial charge in [0.05, 0.1) is 5.56 Å². The number of piperidine rings is 1. The Labute approximate surface area is 166 Å². The van der Waals surface area contributed by atoms with Gasteiger partial charge in [-0.15, -0.1) is 0 Å². The minimum absolute atomic E-state index is 0.201. The van der Waals surface area contributed by atoms with E-state index in [4.69, 9.17) is 4.74 Å². The van der Waals surface area contributed by atoms with Crippen molar-refractivity contribution in [2.45, 2.75) is 25.8 Å². The van der Waals surface area contributed by atoms with Gasteiger partial charge in [-0.05, 0) is 43.2 Å². The number of halogens is 2. The van der Waals surface area contributed by atoms with Gasteiger partial charge in [0.2, 0.25) is 0 Å². The van der Waals surface area contributed by atoms with Crippen molar-refractivity contribution in [3.63, 3.8) is 0 Å². The second-order valence-electron chi connectivity index (χ2n) is 6.79. The van der Waals surface area contributed by atoms with Crippen molar-refractivity contribution >= 4 is 17.8 Å². The van der Waals surface area contributed by atoms with Gasteiger partial charge in [0.1, 0.15) is 17.4 Å². The Morgan fingerprint density at radius 3 is 2.45 bits per heavy atom. The average Bonchev–Trinajstić information content (AvgIpc) is 2.67. The maximum absolute atomic E-state index is 13.7. The first-order valence-corrected chi connectivity index (χ1v) is 9.17. The van der Waals surface area contributed by atoms with Crippen LogP contribution in [-0.2, 0) is 4.79 Å². The number of hydrogen-bond donors (Lipinski definition) is 1. The van der Waals surface area contributed by atoms with E-state index in [-0.39, 0.29) is 17.5 Å². The molecular weight excluding hydrogens is 382 g/mol. The molecule has 8 heteroatoms. The minimum Gasteiger partial charge on any atom is -0.427 e. The lowest BCUT2D eigenvalue weighted by molar-refractivity contribution is -0.131. The first kappa shape index (κ1) is 20.4. The van der Waals surface area contributed by atoms with Gasteiger partial charge < -0.3 is 15.0 Å². The van der Waals surface area contributed by atoms with Gasteiger partial charge >= 0.3 is 5.97 Å². The van der Waals surface area contributed by atoms with Crippen LogP contribution in [0.3, 0.4) is 0 Å². The van der Waals surface area contributed by atoms with E-state index in [1.54, 1.807) is 23.1 Å². The molecule has 1 aliphatic rings. The van der Waals surface area contributed by atoms with Crippen LogP contribution in [-0.4, -0.2) is 41.8 Å². The highest BCUT2D eigenvalue weighted by Crippen LogP contribution is 2.19. The lowest BCUT2D eigenvalue weighted by Crippen LogP contribution is -2.46. The molecule has 0 unspecified atom stereocenters. The molecule has 2 aromatic carbocycles. The zero-order chi connectivity index (χ0) is 21.0. The molecule has 1 fully saturated rings. The number of carbonyl (C=O) groups excluding carboxylic acids is 3. The van der Waals surface area contributed by atoms with Crippen molar-refractivity contribution in [1.82, 2.24) is 10.2 Å². The van der Waals surface area contributed by atoms with E-state index in [0.717, 1.165) is 12.1 Å². The third kappa shape index (κ3) is 5.16. The van der Waals surface area contributed by atoms with E-state index in [2.05, 4.69) is 5.32 Å². The number of hydrogen-bond acceptors (Lipinski definition) is 4. The zero-order valence-corrected chi connectivity index (χ0v) is 15.8. The highest BCUT2D eigenvalue weighted by Gasteiger charge is 2.26. The summed E-state index contributed by atoms with van der Waals surface area (Å²) >= 11 is 0. The molecule has 0 atom stereocenters. The molecule has 2 aromatic rings. The summed E-state index contributed by atoms with van der Waals surface area (Å²) in [6, 6.07) is 8.96. The third-order valence-corrected chi connectivity index (χ3v) is 4.64. The Morgan fingerprint density at radius 1 is 1.07 bits per heavy atom.